The van der Waals surface area contributed by atoms with Gasteiger partial charge >= 0.3 is 0 Å². The maximum absolute atomic E-state index is 14.2. The van der Waals surface area contributed by atoms with Gasteiger partial charge in [0.1, 0.15) is 22.3 Å². The molecule has 1 fully saturated rings. The SMILES string of the molecule is CCCOC1CCC2(CC1)N(CC)C(=O)c1c(O)c(=O)c(-c3nnc(Cc4ccc(F)cc4F)s3)cn1N2C. The smallest absolute Gasteiger partial charge is 0.278 e. The van der Waals surface area contributed by atoms with Gasteiger partial charge in [-0.3, -0.25) is 19.3 Å². The average Bonchev–Trinajstić information content (AvgIpc) is 3.38. The molecule has 0 unspecified atom stereocenters. The number of aromatic nitrogens is 3. The first kappa shape index (κ1) is 27.2. The van der Waals surface area contributed by atoms with Crippen LogP contribution >= 0.6 is 11.3 Å². The average molecular weight is 560 g/mol. The number of nitrogens with zero attached hydrogens (tertiary/aromatic N) is 5. The predicted octanol–water partition coefficient (Wildman–Crippen LogP) is 4.05. The second-order valence-corrected chi connectivity index (χ2v) is 11.0. The zero-order chi connectivity index (χ0) is 27.9. The molecule has 0 saturated heterocycles. The standard InChI is InChI=1S/C27H31F2N5O4S/c1-4-12-38-18-8-10-27(11-9-18)32(3)34-15-19(23(35)24(36)22(34)26(37)33(27)5-2)25-31-30-21(39-25)13-16-6-7-17(28)14-20(16)29/h6-7,14-15,18,36H,4-5,8-13H2,1-3H3. The highest BCUT2D eigenvalue weighted by Gasteiger charge is 2.51. The third kappa shape index (κ3) is 4.69. The summed E-state index contributed by atoms with van der Waals surface area (Å²) in [6.45, 7) is 5.07. The summed E-state index contributed by atoms with van der Waals surface area (Å²) in [5.41, 5.74) is -1.15. The number of ether oxygens (including phenoxy) is 1. The van der Waals surface area contributed by atoms with E-state index in [1.165, 1.54) is 18.3 Å². The number of amides is 1. The minimum absolute atomic E-state index is 0.0657. The monoisotopic (exact) mass is 559 g/mol. The molecule has 39 heavy (non-hydrogen) atoms. The zero-order valence-corrected chi connectivity index (χ0v) is 22.9. The van der Waals surface area contributed by atoms with Gasteiger partial charge in [0, 0.05) is 38.9 Å². The van der Waals surface area contributed by atoms with Crippen LogP contribution in [0.2, 0.25) is 0 Å². The van der Waals surface area contributed by atoms with Gasteiger partial charge < -0.3 is 14.7 Å². The van der Waals surface area contributed by atoms with Crippen molar-refractivity contribution >= 4 is 17.2 Å². The van der Waals surface area contributed by atoms with Crippen LogP contribution in [0.3, 0.4) is 0 Å². The normalized spacial score (nSPS) is 21.1. The van der Waals surface area contributed by atoms with Crippen molar-refractivity contribution < 1.29 is 23.4 Å². The van der Waals surface area contributed by atoms with Crippen LogP contribution in [0, 0.1) is 11.6 Å². The van der Waals surface area contributed by atoms with Crippen LogP contribution in [0.4, 0.5) is 8.78 Å². The maximum atomic E-state index is 14.2. The third-order valence-corrected chi connectivity index (χ3v) is 8.66. The minimum atomic E-state index is -0.734. The lowest BCUT2D eigenvalue weighted by Gasteiger charge is -2.56. The molecule has 12 heteroatoms. The summed E-state index contributed by atoms with van der Waals surface area (Å²) in [6, 6.07) is 3.31. The fraction of sp³-hybridized carbons (Fsp3) is 0.481. The van der Waals surface area contributed by atoms with Crippen LogP contribution in [0.5, 0.6) is 5.75 Å². The molecular formula is C27H31F2N5O4S. The first-order valence-corrected chi connectivity index (χ1v) is 13.9. The summed E-state index contributed by atoms with van der Waals surface area (Å²) in [5.74, 6) is -2.43. The summed E-state index contributed by atoms with van der Waals surface area (Å²) in [4.78, 5) is 28.6. The number of aromatic hydroxyl groups is 1. The molecule has 0 bridgehead atoms. The molecule has 208 valence electrons. The van der Waals surface area contributed by atoms with Crippen LogP contribution in [-0.4, -0.2) is 62.8 Å². The molecule has 1 amide bonds. The van der Waals surface area contributed by atoms with E-state index in [1.807, 2.05) is 19.0 Å². The third-order valence-electron chi connectivity index (χ3n) is 7.70. The quantitative estimate of drug-likeness (QED) is 0.466. The number of benzene rings is 1. The molecule has 1 saturated carbocycles. The Labute approximate surface area is 228 Å². The Bertz CT molecular complexity index is 1450. The molecule has 3 heterocycles. The van der Waals surface area contributed by atoms with Crippen LogP contribution in [-0.2, 0) is 11.2 Å². The van der Waals surface area contributed by atoms with Crippen molar-refractivity contribution in [3.8, 4) is 16.3 Å². The van der Waals surface area contributed by atoms with Crippen LogP contribution in [0.1, 0.15) is 67.0 Å². The fourth-order valence-electron chi connectivity index (χ4n) is 5.67. The van der Waals surface area contributed by atoms with Gasteiger partial charge in [0.15, 0.2) is 16.5 Å². The fourth-order valence-corrected chi connectivity index (χ4v) is 6.54. The molecule has 0 radical (unpaired) electrons. The molecular weight excluding hydrogens is 528 g/mol. The molecule has 3 aromatic rings. The van der Waals surface area contributed by atoms with E-state index < -0.39 is 34.4 Å². The Kier molecular flexibility index (Phi) is 7.43. The van der Waals surface area contributed by atoms with Gasteiger partial charge in [-0.15, -0.1) is 10.2 Å². The van der Waals surface area contributed by atoms with E-state index in [4.69, 9.17) is 4.74 Å². The second kappa shape index (κ2) is 10.6. The second-order valence-electron chi connectivity index (χ2n) is 9.95. The molecule has 1 N–H and O–H groups in total. The van der Waals surface area contributed by atoms with Crippen molar-refractivity contribution in [3.63, 3.8) is 0 Å². The van der Waals surface area contributed by atoms with Crippen LogP contribution < -0.4 is 10.4 Å². The van der Waals surface area contributed by atoms with Crippen molar-refractivity contribution in [2.75, 3.05) is 25.2 Å². The Balaban J connectivity index is 1.50. The molecule has 2 aromatic heterocycles. The van der Waals surface area contributed by atoms with E-state index in [0.717, 1.165) is 36.7 Å². The highest BCUT2D eigenvalue weighted by Crippen LogP contribution is 2.41. The Hall–Kier alpha value is -3.38. The Morgan fingerprint density at radius 3 is 2.59 bits per heavy atom. The topological polar surface area (TPSA) is 101 Å². The van der Waals surface area contributed by atoms with Crippen molar-refractivity contribution in [3.05, 3.63) is 62.5 Å². The summed E-state index contributed by atoms with van der Waals surface area (Å²) in [7, 11) is 1.85. The number of carbonyl (C=O) groups excluding carboxylic acids is 1. The largest absolute Gasteiger partial charge is 0.502 e. The molecule has 1 aliphatic carbocycles. The molecule has 9 nitrogen and oxygen atoms in total. The number of hydrogen-bond donors (Lipinski definition) is 1. The van der Waals surface area contributed by atoms with Crippen LogP contribution in [0.15, 0.2) is 29.2 Å². The zero-order valence-electron chi connectivity index (χ0n) is 22.1. The highest BCUT2D eigenvalue weighted by atomic mass is 32.1. The minimum Gasteiger partial charge on any atom is -0.502 e. The summed E-state index contributed by atoms with van der Waals surface area (Å²) < 4.78 is 34.9. The van der Waals surface area contributed by atoms with Crippen molar-refractivity contribution in [2.24, 2.45) is 0 Å². The molecule has 2 aliphatic rings. The van der Waals surface area contributed by atoms with Crippen LogP contribution in [0.25, 0.3) is 10.6 Å². The lowest BCUT2D eigenvalue weighted by Crippen LogP contribution is -2.70. The summed E-state index contributed by atoms with van der Waals surface area (Å²) in [5, 5.41) is 21.7. The van der Waals surface area contributed by atoms with Crippen molar-refractivity contribution in [2.45, 2.75) is 64.1 Å². The number of pyridine rings is 1. The van der Waals surface area contributed by atoms with Crippen molar-refractivity contribution in [1.29, 1.82) is 0 Å². The Morgan fingerprint density at radius 2 is 1.92 bits per heavy atom. The van der Waals surface area contributed by atoms with Gasteiger partial charge in [-0.25, -0.2) is 8.78 Å². The number of hydrogen-bond acceptors (Lipinski definition) is 8. The van der Waals surface area contributed by atoms with Gasteiger partial charge in [0.05, 0.1) is 11.7 Å². The summed E-state index contributed by atoms with van der Waals surface area (Å²) >= 11 is 1.07. The van der Waals surface area contributed by atoms with E-state index in [2.05, 4.69) is 17.1 Å². The van der Waals surface area contributed by atoms with Gasteiger partial charge in [0.25, 0.3) is 5.91 Å². The Morgan fingerprint density at radius 1 is 1.18 bits per heavy atom. The predicted molar refractivity (Wildman–Crippen MR) is 143 cm³/mol. The van der Waals surface area contributed by atoms with E-state index >= 15 is 0 Å². The molecule has 1 aromatic carbocycles. The lowest BCUT2D eigenvalue weighted by atomic mass is 9.84. The highest BCUT2D eigenvalue weighted by molar-refractivity contribution is 7.14. The molecule has 5 rings (SSSR count). The van der Waals surface area contributed by atoms with Gasteiger partial charge in [-0.1, -0.05) is 24.3 Å². The number of halogens is 2. The van der Waals surface area contributed by atoms with Crippen molar-refractivity contribution in [1.82, 2.24) is 19.8 Å². The number of carbonyl (C=O) groups is 1. The molecule has 1 aliphatic heterocycles. The number of rotatable bonds is 7. The van der Waals surface area contributed by atoms with Gasteiger partial charge in [-0.2, -0.15) is 0 Å². The molecule has 0 atom stereocenters. The number of fused-ring (bicyclic) bond motifs is 1. The van der Waals surface area contributed by atoms with Gasteiger partial charge in [-0.05, 0) is 50.7 Å². The van der Waals surface area contributed by atoms with Gasteiger partial charge in [0.2, 0.25) is 5.43 Å². The van der Waals surface area contributed by atoms with E-state index in [1.54, 1.807) is 9.58 Å². The van der Waals surface area contributed by atoms with E-state index in [9.17, 15) is 23.5 Å². The first-order chi connectivity index (χ1) is 18.7. The first-order valence-electron chi connectivity index (χ1n) is 13.1. The van der Waals surface area contributed by atoms with E-state index in [-0.39, 0.29) is 34.4 Å². The lowest BCUT2D eigenvalue weighted by molar-refractivity contribution is -0.0339. The molecule has 1 spiro atoms. The van der Waals surface area contributed by atoms with E-state index in [0.29, 0.717) is 31.0 Å². The summed E-state index contributed by atoms with van der Waals surface area (Å²) in [6.07, 6.45) is 5.56. The maximum Gasteiger partial charge on any atom is 0.278 e.